The quantitative estimate of drug-likeness (QED) is 0.720. The summed E-state index contributed by atoms with van der Waals surface area (Å²) in [6, 6.07) is 5.48. The molecule has 0 fully saturated rings. The van der Waals surface area contributed by atoms with Crippen molar-refractivity contribution in [3.8, 4) is 0 Å². The summed E-state index contributed by atoms with van der Waals surface area (Å²) in [5.41, 5.74) is 0.819. The number of carbonyl (C=O) groups is 3. The van der Waals surface area contributed by atoms with Gasteiger partial charge in [-0.05, 0) is 30.5 Å². The lowest BCUT2D eigenvalue weighted by atomic mass is 10.0. The van der Waals surface area contributed by atoms with E-state index in [4.69, 9.17) is 5.11 Å². The Morgan fingerprint density at radius 1 is 1.23 bits per heavy atom. The monoisotopic (exact) mass is 306 g/mol. The molecule has 0 heterocycles. The molecule has 0 aliphatic carbocycles. The molecule has 1 aromatic carbocycles. The molecule has 1 aromatic rings. The van der Waals surface area contributed by atoms with Crippen LogP contribution in [-0.2, 0) is 9.59 Å². The van der Waals surface area contributed by atoms with Crippen LogP contribution in [0.25, 0.3) is 0 Å². The van der Waals surface area contributed by atoms with E-state index in [1.807, 2.05) is 13.8 Å². The number of rotatable bonds is 7. The highest BCUT2D eigenvalue weighted by Gasteiger charge is 2.21. The predicted molar refractivity (Wildman–Crippen MR) is 83.7 cm³/mol. The standard InChI is InChI=1S/C16H22N2O4/c1-4-14(19)17-12-7-5-6-11(9-12)15(20)18-13(16(21)22)8-10(2)3/h5-7,9-10,13H,4,8H2,1-3H3,(H,17,19)(H,18,20)(H,21,22). The molecule has 120 valence electrons. The van der Waals surface area contributed by atoms with E-state index in [2.05, 4.69) is 10.6 Å². The number of benzene rings is 1. The zero-order valence-electron chi connectivity index (χ0n) is 13.1. The van der Waals surface area contributed by atoms with Crippen LogP contribution in [0.15, 0.2) is 24.3 Å². The van der Waals surface area contributed by atoms with Gasteiger partial charge in [-0.25, -0.2) is 4.79 Å². The minimum absolute atomic E-state index is 0.150. The van der Waals surface area contributed by atoms with E-state index >= 15 is 0 Å². The van der Waals surface area contributed by atoms with Gasteiger partial charge in [0.15, 0.2) is 0 Å². The maximum absolute atomic E-state index is 12.2. The number of hydrogen-bond donors (Lipinski definition) is 3. The maximum atomic E-state index is 12.2. The van der Waals surface area contributed by atoms with Crippen molar-refractivity contribution in [2.24, 2.45) is 5.92 Å². The zero-order valence-corrected chi connectivity index (χ0v) is 13.1. The lowest BCUT2D eigenvalue weighted by molar-refractivity contribution is -0.139. The smallest absolute Gasteiger partial charge is 0.326 e. The third-order valence-corrected chi connectivity index (χ3v) is 3.04. The van der Waals surface area contributed by atoms with Crippen molar-refractivity contribution in [1.29, 1.82) is 0 Å². The molecule has 0 aliphatic rings. The minimum Gasteiger partial charge on any atom is -0.480 e. The van der Waals surface area contributed by atoms with Gasteiger partial charge in [0.2, 0.25) is 5.91 Å². The Morgan fingerprint density at radius 3 is 2.45 bits per heavy atom. The van der Waals surface area contributed by atoms with Crippen LogP contribution in [0.2, 0.25) is 0 Å². The van der Waals surface area contributed by atoms with Crippen molar-refractivity contribution in [3.63, 3.8) is 0 Å². The highest BCUT2D eigenvalue weighted by atomic mass is 16.4. The fraction of sp³-hybridized carbons (Fsp3) is 0.438. The topological polar surface area (TPSA) is 95.5 Å². The van der Waals surface area contributed by atoms with Gasteiger partial charge in [-0.15, -0.1) is 0 Å². The summed E-state index contributed by atoms with van der Waals surface area (Å²) in [5.74, 6) is -1.53. The first-order chi connectivity index (χ1) is 10.3. The summed E-state index contributed by atoms with van der Waals surface area (Å²) >= 11 is 0. The van der Waals surface area contributed by atoms with Crippen LogP contribution in [0.5, 0.6) is 0 Å². The Kier molecular flexibility index (Phi) is 6.56. The van der Waals surface area contributed by atoms with Gasteiger partial charge in [-0.2, -0.15) is 0 Å². The highest BCUT2D eigenvalue weighted by Crippen LogP contribution is 2.12. The number of carboxylic acids is 1. The lowest BCUT2D eigenvalue weighted by Crippen LogP contribution is -2.41. The molecule has 6 heteroatoms. The summed E-state index contributed by atoms with van der Waals surface area (Å²) in [7, 11) is 0. The third-order valence-electron chi connectivity index (χ3n) is 3.04. The van der Waals surface area contributed by atoms with Gasteiger partial charge < -0.3 is 15.7 Å². The Hall–Kier alpha value is -2.37. The van der Waals surface area contributed by atoms with E-state index < -0.39 is 17.9 Å². The summed E-state index contributed by atoms with van der Waals surface area (Å²) in [4.78, 5) is 34.7. The summed E-state index contributed by atoms with van der Waals surface area (Å²) in [6.45, 7) is 5.52. The summed E-state index contributed by atoms with van der Waals surface area (Å²) in [5, 5.41) is 14.3. The van der Waals surface area contributed by atoms with E-state index in [0.717, 1.165) is 0 Å². The maximum Gasteiger partial charge on any atom is 0.326 e. The first-order valence-electron chi connectivity index (χ1n) is 7.27. The molecule has 0 aliphatic heterocycles. The van der Waals surface area contributed by atoms with Crippen molar-refractivity contribution < 1.29 is 19.5 Å². The third kappa shape index (κ3) is 5.55. The Bertz CT molecular complexity index is 555. The van der Waals surface area contributed by atoms with E-state index in [0.29, 0.717) is 24.1 Å². The van der Waals surface area contributed by atoms with E-state index in [1.54, 1.807) is 25.1 Å². The molecule has 3 N–H and O–H groups in total. The fourth-order valence-corrected chi connectivity index (χ4v) is 1.92. The van der Waals surface area contributed by atoms with Gasteiger partial charge in [-0.1, -0.05) is 26.8 Å². The van der Waals surface area contributed by atoms with E-state index in [-0.39, 0.29) is 11.8 Å². The minimum atomic E-state index is -1.06. The fourth-order valence-electron chi connectivity index (χ4n) is 1.92. The Balaban J connectivity index is 2.81. The normalized spacial score (nSPS) is 11.8. The lowest BCUT2D eigenvalue weighted by Gasteiger charge is -2.16. The SMILES string of the molecule is CCC(=O)Nc1cccc(C(=O)NC(CC(C)C)C(=O)O)c1. The van der Waals surface area contributed by atoms with Crippen molar-refractivity contribution in [2.45, 2.75) is 39.7 Å². The molecule has 6 nitrogen and oxygen atoms in total. The number of carbonyl (C=O) groups excluding carboxylic acids is 2. The molecule has 1 unspecified atom stereocenters. The number of hydrogen-bond acceptors (Lipinski definition) is 3. The summed E-state index contributed by atoms with van der Waals surface area (Å²) < 4.78 is 0. The molecule has 0 aromatic heterocycles. The highest BCUT2D eigenvalue weighted by molar-refractivity contribution is 5.98. The molecule has 0 saturated heterocycles. The van der Waals surface area contributed by atoms with Crippen molar-refractivity contribution >= 4 is 23.5 Å². The number of nitrogens with one attached hydrogen (secondary N) is 2. The Labute approximate surface area is 129 Å². The molecular weight excluding hydrogens is 284 g/mol. The van der Waals surface area contributed by atoms with Crippen LogP contribution in [-0.4, -0.2) is 28.9 Å². The first kappa shape index (κ1) is 17.7. The molecule has 0 bridgehead atoms. The van der Waals surface area contributed by atoms with Gasteiger partial charge >= 0.3 is 5.97 Å². The van der Waals surface area contributed by atoms with E-state index in [9.17, 15) is 14.4 Å². The molecule has 2 amide bonds. The zero-order chi connectivity index (χ0) is 16.7. The van der Waals surface area contributed by atoms with Gasteiger partial charge in [0.25, 0.3) is 5.91 Å². The molecule has 22 heavy (non-hydrogen) atoms. The van der Waals surface area contributed by atoms with Crippen LogP contribution in [0.1, 0.15) is 44.0 Å². The van der Waals surface area contributed by atoms with Crippen LogP contribution in [0.4, 0.5) is 5.69 Å². The molecule has 0 radical (unpaired) electrons. The molecule has 0 saturated carbocycles. The Morgan fingerprint density at radius 2 is 1.91 bits per heavy atom. The van der Waals surface area contributed by atoms with E-state index in [1.165, 1.54) is 6.07 Å². The largest absolute Gasteiger partial charge is 0.480 e. The van der Waals surface area contributed by atoms with Crippen molar-refractivity contribution in [2.75, 3.05) is 5.32 Å². The number of anilines is 1. The van der Waals surface area contributed by atoms with Gasteiger partial charge in [0, 0.05) is 17.7 Å². The second-order valence-electron chi connectivity index (χ2n) is 5.48. The van der Waals surface area contributed by atoms with Gasteiger partial charge in [0.05, 0.1) is 0 Å². The number of aliphatic carboxylic acids is 1. The first-order valence-corrected chi connectivity index (χ1v) is 7.27. The second-order valence-corrected chi connectivity index (χ2v) is 5.48. The molecule has 0 spiro atoms. The second kappa shape index (κ2) is 8.17. The molecule has 1 atom stereocenters. The van der Waals surface area contributed by atoms with Crippen LogP contribution >= 0.6 is 0 Å². The average molecular weight is 306 g/mol. The van der Waals surface area contributed by atoms with Crippen LogP contribution in [0.3, 0.4) is 0 Å². The predicted octanol–water partition coefficient (Wildman–Crippen LogP) is 2.26. The number of amides is 2. The van der Waals surface area contributed by atoms with Gasteiger partial charge in [0.1, 0.15) is 6.04 Å². The van der Waals surface area contributed by atoms with Gasteiger partial charge in [-0.3, -0.25) is 9.59 Å². The average Bonchev–Trinajstić information content (AvgIpc) is 2.46. The molecule has 1 rings (SSSR count). The van der Waals surface area contributed by atoms with Crippen molar-refractivity contribution in [1.82, 2.24) is 5.32 Å². The van der Waals surface area contributed by atoms with Crippen molar-refractivity contribution in [3.05, 3.63) is 29.8 Å². The number of carboxylic acid groups (broad SMARTS) is 1. The van der Waals surface area contributed by atoms with Crippen LogP contribution in [0, 0.1) is 5.92 Å². The van der Waals surface area contributed by atoms with Crippen LogP contribution < -0.4 is 10.6 Å². The summed E-state index contributed by atoms with van der Waals surface area (Å²) in [6.07, 6.45) is 0.694. The molecular formula is C16H22N2O4.